The van der Waals surface area contributed by atoms with E-state index in [9.17, 15) is 4.79 Å². The van der Waals surface area contributed by atoms with E-state index in [-0.39, 0.29) is 12.6 Å². The lowest BCUT2D eigenvalue weighted by atomic mass is 10.1. The molecule has 0 aromatic heterocycles. The van der Waals surface area contributed by atoms with Gasteiger partial charge in [-0.2, -0.15) is 0 Å². The summed E-state index contributed by atoms with van der Waals surface area (Å²) in [7, 11) is 0. The number of carboxylic acids is 1. The molecule has 112 valence electrons. The van der Waals surface area contributed by atoms with Crippen LogP contribution in [0.5, 0.6) is 0 Å². The van der Waals surface area contributed by atoms with Gasteiger partial charge in [0.15, 0.2) is 12.0 Å². The van der Waals surface area contributed by atoms with Gasteiger partial charge in [-0.3, -0.25) is 4.79 Å². The summed E-state index contributed by atoms with van der Waals surface area (Å²) < 4.78 is 5.97. The maximum absolute atomic E-state index is 10.8. The number of nitrogens with one attached hydrogen (secondary N) is 1. The molecule has 0 radical (unpaired) electrons. The molecule has 1 heterocycles. The van der Waals surface area contributed by atoms with Crippen molar-refractivity contribution >= 4 is 17.4 Å². The molecule has 2 N–H and O–H groups in total. The van der Waals surface area contributed by atoms with Crippen LogP contribution in [-0.4, -0.2) is 17.3 Å². The fourth-order valence-electron chi connectivity index (χ4n) is 2.46. The minimum atomic E-state index is -0.820. The number of carbonyl (C=O) groups is 1. The Bertz CT molecular complexity index is 628. The van der Waals surface area contributed by atoms with Gasteiger partial charge in [0.1, 0.15) is 0 Å². The van der Waals surface area contributed by atoms with E-state index in [1.54, 1.807) is 0 Å². The molecule has 2 aromatic rings. The van der Waals surface area contributed by atoms with Gasteiger partial charge in [-0.05, 0) is 0 Å². The van der Waals surface area contributed by atoms with E-state index >= 15 is 0 Å². The smallest absolute Gasteiger partial charge is 0.303 e. The van der Waals surface area contributed by atoms with Crippen LogP contribution in [-0.2, 0) is 9.53 Å². The van der Waals surface area contributed by atoms with E-state index in [1.165, 1.54) is 0 Å². The van der Waals surface area contributed by atoms with Crippen LogP contribution in [0.3, 0.4) is 0 Å². The summed E-state index contributed by atoms with van der Waals surface area (Å²) in [5, 5.41) is 12.1. The summed E-state index contributed by atoms with van der Waals surface area (Å²) in [5.41, 5.74) is 2.91. The Kier molecular flexibility index (Phi) is 4.10. The largest absolute Gasteiger partial charge is 0.481 e. The van der Waals surface area contributed by atoms with Crippen molar-refractivity contribution in [3.8, 4) is 0 Å². The summed E-state index contributed by atoms with van der Waals surface area (Å²) in [5.74, 6) is -0.0537. The van der Waals surface area contributed by atoms with Crippen LogP contribution >= 0.6 is 0 Å². The Hall–Kier alpha value is -2.75. The van der Waals surface area contributed by atoms with Gasteiger partial charge in [-0.15, -0.1) is 0 Å². The van der Waals surface area contributed by atoms with Crippen molar-refractivity contribution in [3.63, 3.8) is 0 Å². The molecule has 1 unspecified atom stereocenters. The molecule has 0 saturated heterocycles. The summed E-state index contributed by atoms with van der Waals surface area (Å²) in [4.78, 5) is 10.8. The Balaban J connectivity index is 1.90. The topological polar surface area (TPSA) is 58.6 Å². The third-order valence-electron chi connectivity index (χ3n) is 3.51. The first kappa shape index (κ1) is 14.2. The zero-order valence-electron chi connectivity index (χ0n) is 12.0. The Morgan fingerprint density at radius 1 is 1.00 bits per heavy atom. The monoisotopic (exact) mass is 295 g/mol. The summed E-state index contributed by atoms with van der Waals surface area (Å²) >= 11 is 0. The molecule has 22 heavy (non-hydrogen) atoms. The predicted octanol–water partition coefficient (Wildman–Crippen LogP) is 3.32. The van der Waals surface area contributed by atoms with Gasteiger partial charge in [-0.1, -0.05) is 60.7 Å². The molecular weight excluding hydrogens is 278 g/mol. The molecule has 1 atom stereocenters. The molecule has 1 aliphatic rings. The van der Waals surface area contributed by atoms with Gasteiger partial charge in [0, 0.05) is 17.5 Å². The normalized spacial score (nSPS) is 17.0. The first-order chi connectivity index (χ1) is 10.7. The summed E-state index contributed by atoms with van der Waals surface area (Å²) in [6, 6.07) is 19.8. The fourth-order valence-corrected chi connectivity index (χ4v) is 2.46. The summed E-state index contributed by atoms with van der Waals surface area (Å²) in [6.07, 6.45) is 0.172. The SMILES string of the molecule is O=C(O)CCC1NC(c2ccccc2)=C(c2ccccc2)O1. The fraction of sp³-hybridized carbons (Fsp3) is 0.167. The van der Waals surface area contributed by atoms with Crippen LogP contribution in [0.1, 0.15) is 24.0 Å². The van der Waals surface area contributed by atoms with Crippen LogP contribution in [0.4, 0.5) is 0 Å². The number of carboxylic acid groups (broad SMARTS) is 1. The Labute approximate surface area is 129 Å². The van der Waals surface area contributed by atoms with E-state index in [0.29, 0.717) is 6.42 Å². The van der Waals surface area contributed by atoms with Crippen LogP contribution in [0.15, 0.2) is 60.7 Å². The molecule has 0 amide bonds. The number of aliphatic carboxylic acids is 1. The maximum atomic E-state index is 10.8. The molecule has 0 bridgehead atoms. The van der Waals surface area contributed by atoms with Crippen molar-refractivity contribution in [1.82, 2.24) is 5.32 Å². The van der Waals surface area contributed by atoms with E-state index in [1.807, 2.05) is 60.7 Å². The lowest BCUT2D eigenvalue weighted by Gasteiger charge is -2.12. The lowest BCUT2D eigenvalue weighted by molar-refractivity contribution is -0.137. The van der Waals surface area contributed by atoms with Crippen molar-refractivity contribution in [2.24, 2.45) is 0 Å². The molecular formula is C18H17NO3. The predicted molar refractivity (Wildman–Crippen MR) is 84.6 cm³/mol. The van der Waals surface area contributed by atoms with E-state index in [0.717, 1.165) is 22.6 Å². The van der Waals surface area contributed by atoms with Gasteiger partial charge in [0.2, 0.25) is 0 Å². The molecule has 4 nitrogen and oxygen atoms in total. The maximum Gasteiger partial charge on any atom is 0.303 e. The highest BCUT2D eigenvalue weighted by atomic mass is 16.5. The molecule has 0 spiro atoms. The average Bonchev–Trinajstić information content (AvgIpc) is 2.99. The van der Waals surface area contributed by atoms with Gasteiger partial charge < -0.3 is 15.2 Å². The Morgan fingerprint density at radius 2 is 1.59 bits per heavy atom. The van der Waals surface area contributed by atoms with E-state index in [2.05, 4.69) is 5.32 Å². The van der Waals surface area contributed by atoms with E-state index < -0.39 is 5.97 Å². The van der Waals surface area contributed by atoms with Gasteiger partial charge in [0.25, 0.3) is 0 Å². The van der Waals surface area contributed by atoms with Crippen LogP contribution in [0.25, 0.3) is 11.5 Å². The van der Waals surface area contributed by atoms with Crippen molar-refractivity contribution in [2.75, 3.05) is 0 Å². The molecule has 0 aliphatic carbocycles. The zero-order valence-corrected chi connectivity index (χ0v) is 12.0. The van der Waals surface area contributed by atoms with Crippen molar-refractivity contribution in [2.45, 2.75) is 19.1 Å². The lowest BCUT2D eigenvalue weighted by Crippen LogP contribution is -2.24. The van der Waals surface area contributed by atoms with Crippen LogP contribution in [0, 0.1) is 0 Å². The highest BCUT2D eigenvalue weighted by Gasteiger charge is 2.27. The van der Waals surface area contributed by atoms with Crippen molar-refractivity contribution in [3.05, 3.63) is 71.8 Å². The summed E-state index contributed by atoms with van der Waals surface area (Å²) in [6.45, 7) is 0. The molecule has 1 aliphatic heterocycles. The van der Waals surface area contributed by atoms with Gasteiger partial charge in [0.05, 0.1) is 12.1 Å². The average molecular weight is 295 g/mol. The molecule has 0 fully saturated rings. The zero-order chi connectivity index (χ0) is 15.4. The number of benzene rings is 2. The van der Waals surface area contributed by atoms with Crippen LogP contribution in [0.2, 0.25) is 0 Å². The molecule has 3 rings (SSSR count). The highest BCUT2D eigenvalue weighted by Crippen LogP contribution is 2.32. The number of rotatable bonds is 5. The van der Waals surface area contributed by atoms with Crippen molar-refractivity contribution in [1.29, 1.82) is 0 Å². The van der Waals surface area contributed by atoms with Crippen LogP contribution < -0.4 is 5.32 Å². The second-order valence-corrected chi connectivity index (χ2v) is 5.12. The van der Waals surface area contributed by atoms with E-state index in [4.69, 9.17) is 9.84 Å². The first-order valence-corrected chi connectivity index (χ1v) is 7.24. The number of ether oxygens (including phenoxy) is 1. The first-order valence-electron chi connectivity index (χ1n) is 7.24. The standard InChI is InChI=1S/C18H17NO3/c20-16(21)12-11-15-19-17(13-7-3-1-4-8-13)18(22-15)14-9-5-2-6-10-14/h1-10,15,19H,11-12H2,(H,20,21). The van der Waals surface area contributed by atoms with Gasteiger partial charge >= 0.3 is 5.97 Å². The highest BCUT2D eigenvalue weighted by molar-refractivity contribution is 5.88. The quantitative estimate of drug-likeness (QED) is 0.888. The minimum absolute atomic E-state index is 0.0712. The number of hydrogen-bond donors (Lipinski definition) is 2. The molecule has 4 heteroatoms. The van der Waals surface area contributed by atoms with Crippen molar-refractivity contribution < 1.29 is 14.6 Å². The second-order valence-electron chi connectivity index (χ2n) is 5.12. The molecule has 0 saturated carbocycles. The third-order valence-corrected chi connectivity index (χ3v) is 3.51. The van der Waals surface area contributed by atoms with Gasteiger partial charge in [-0.25, -0.2) is 0 Å². The number of hydrogen-bond acceptors (Lipinski definition) is 3. The minimum Gasteiger partial charge on any atom is -0.481 e. The second kappa shape index (κ2) is 6.35. The molecule has 2 aromatic carbocycles. The Morgan fingerprint density at radius 3 is 2.18 bits per heavy atom. The third kappa shape index (κ3) is 3.11.